The van der Waals surface area contributed by atoms with Gasteiger partial charge < -0.3 is 15.2 Å². The maximum absolute atomic E-state index is 9.02. The van der Waals surface area contributed by atoms with Crippen LogP contribution in [0.2, 0.25) is 0 Å². The molecule has 20 heavy (non-hydrogen) atoms. The number of hydrogen-bond donors (Lipinski definition) is 2. The second-order valence-corrected chi connectivity index (χ2v) is 4.65. The maximum atomic E-state index is 9.02. The van der Waals surface area contributed by atoms with Gasteiger partial charge in [0.2, 0.25) is 0 Å². The van der Waals surface area contributed by atoms with Crippen LogP contribution in [0.5, 0.6) is 5.75 Å². The van der Waals surface area contributed by atoms with Crippen molar-refractivity contribution < 1.29 is 9.84 Å². The van der Waals surface area contributed by atoms with E-state index >= 15 is 0 Å². The normalized spacial score (nSPS) is 10.5. The Hall–Kier alpha value is -1.84. The average molecular weight is 271 g/mol. The van der Waals surface area contributed by atoms with Crippen LogP contribution < -0.4 is 10.1 Å². The lowest BCUT2D eigenvalue weighted by Crippen LogP contribution is -2.12. The predicted molar refractivity (Wildman–Crippen MR) is 80.5 cm³/mol. The fourth-order valence-electron chi connectivity index (χ4n) is 1.95. The molecule has 0 aliphatic carbocycles. The third-order valence-electron chi connectivity index (χ3n) is 3.14. The van der Waals surface area contributed by atoms with Crippen LogP contribution in [0.3, 0.4) is 0 Å². The lowest BCUT2D eigenvalue weighted by Gasteiger charge is -2.12. The zero-order valence-electron chi connectivity index (χ0n) is 11.8. The first-order chi connectivity index (χ1) is 9.83. The Morgan fingerprint density at radius 1 is 1.00 bits per heavy atom. The van der Waals surface area contributed by atoms with Crippen molar-refractivity contribution in [2.75, 3.05) is 6.54 Å². The van der Waals surface area contributed by atoms with Gasteiger partial charge in [0.1, 0.15) is 12.4 Å². The van der Waals surface area contributed by atoms with Crippen molar-refractivity contribution in [3.8, 4) is 5.75 Å². The van der Waals surface area contributed by atoms with Crippen molar-refractivity contribution in [2.24, 2.45) is 0 Å². The molecule has 3 nitrogen and oxygen atoms in total. The minimum atomic E-state index is 0.0760. The SMILES string of the molecule is CCNCc1ccccc1OCc1ccc(CO)cc1. The summed E-state index contributed by atoms with van der Waals surface area (Å²) in [6.45, 7) is 4.46. The Bertz CT molecular complexity index is 523. The quantitative estimate of drug-likeness (QED) is 0.813. The van der Waals surface area contributed by atoms with Gasteiger partial charge in [-0.05, 0) is 23.7 Å². The molecule has 0 aromatic heterocycles. The molecular formula is C17H21NO2. The summed E-state index contributed by atoms with van der Waals surface area (Å²) in [6, 6.07) is 15.9. The molecule has 0 atom stereocenters. The molecule has 0 radical (unpaired) electrons. The smallest absolute Gasteiger partial charge is 0.124 e. The van der Waals surface area contributed by atoms with E-state index in [1.807, 2.05) is 42.5 Å². The van der Waals surface area contributed by atoms with Crippen LogP contribution in [0.15, 0.2) is 48.5 Å². The molecule has 2 N–H and O–H groups in total. The number of nitrogens with one attached hydrogen (secondary N) is 1. The minimum Gasteiger partial charge on any atom is -0.489 e. The summed E-state index contributed by atoms with van der Waals surface area (Å²) in [5.74, 6) is 0.916. The van der Waals surface area contributed by atoms with Crippen molar-refractivity contribution in [1.29, 1.82) is 0 Å². The van der Waals surface area contributed by atoms with Crippen LogP contribution in [0.25, 0.3) is 0 Å². The zero-order valence-corrected chi connectivity index (χ0v) is 11.8. The summed E-state index contributed by atoms with van der Waals surface area (Å²) in [6.07, 6.45) is 0. The van der Waals surface area contributed by atoms with Gasteiger partial charge in [0.05, 0.1) is 6.61 Å². The fraction of sp³-hybridized carbons (Fsp3) is 0.294. The summed E-state index contributed by atoms with van der Waals surface area (Å²) in [4.78, 5) is 0. The summed E-state index contributed by atoms with van der Waals surface area (Å²) >= 11 is 0. The first kappa shape index (κ1) is 14.6. The van der Waals surface area contributed by atoms with E-state index in [1.54, 1.807) is 0 Å². The van der Waals surface area contributed by atoms with E-state index < -0.39 is 0 Å². The van der Waals surface area contributed by atoms with E-state index in [9.17, 15) is 0 Å². The number of aliphatic hydroxyl groups excluding tert-OH is 1. The third-order valence-corrected chi connectivity index (χ3v) is 3.14. The highest BCUT2D eigenvalue weighted by Gasteiger charge is 2.03. The Morgan fingerprint density at radius 2 is 1.70 bits per heavy atom. The van der Waals surface area contributed by atoms with Gasteiger partial charge >= 0.3 is 0 Å². The lowest BCUT2D eigenvalue weighted by atomic mass is 10.1. The van der Waals surface area contributed by atoms with E-state index in [-0.39, 0.29) is 6.61 Å². The van der Waals surface area contributed by atoms with Gasteiger partial charge in [0, 0.05) is 12.1 Å². The molecule has 0 saturated carbocycles. The highest BCUT2D eigenvalue weighted by molar-refractivity contribution is 5.33. The molecule has 2 rings (SSSR count). The number of hydrogen-bond acceptors (Lipinski definition) is 3. The fourth-order valence-corrected chi connectivity index (χ4v) is 1.95. The molecule has 106 valence electrons. The number of aliphatic hydroxyl groups is 1. The summed E-state index contributed by atoms with van der Waals surface area (Å²) in [5.41, 5.74) is 3.18. The Kier molecular flexibility index (Phi) is 5.59. The summed E-state index contributed by atoms with van der Waals surface area (Å²) in [7, 11) is 0. The van der Waals surface area contributed by atoms with Gasteiger partial charge in [-0.1, -0.05) is 49.4 Å². The van der Waals surface area contributed by atoms with Crippen LogP contribution in [0.1, 0.15) is 23.6 Å². The molecule has 3 heteroatoms. The van der Waals surface area contributed by atoms with Crippen LogP contribution in [-0.2, 0) is 19.8 Å². The highest BCUT2D eigenvalue weighted by Crippen LogP contribution is 2.19. The molecule has 2 aromatic rings. The molecule has 0 aliphatic heterocycles. The molecular weight excluding hydrogens is 250 g/mol. The van der Waals surface area contributed by atoms with Crippen molar-refractivity contribution >= 4 is 0 Å². The van der Waals surface area contributed by atoms with Crippen molar-refractivity contribution in [3.05, 3.63) is 65.2 Å². The Balaban J connectivity index is 1.98. The maximum Gasteiger partial charge on any atom is 0.124 e. The average Bonchev–Trinajstić information content (AvgIpc) is 2.52. The first-order valence-electron chi connectivity index (χ1n) is 6.93. The van der Waals surface area contributed by atoms with Crippen LogP contribution in [0, 0.1) is 0 Å². The van der Waals surface area contributed by atoms with Gasteiger partial charge in [-0.3, -0.25) is 0 Å². The predicted octanol–water partition coefficient (Wildman–Crippen LogP) is 2.87. The molecule has 2 aromatic carbocycles. The molecule has 0 spiro atoms. The Labute approximate surface area is 120 Å². The third kappa shape index (κ3) is 4.08. The zero-order chi connectivity index (χ0) is 14.2. The van der Waals surface area contributed by atoms with E-state index in [0.717, 1.165) is 30.0 Å². The van der Waals surface area contributed by atoms with Gasteiger partial charge in [0.15, 0.2) is 0 Å². The summed E-state index contributed by atoms with van der Waals surface area (Å²) < 4.78 is 5.89. The van der Waals surface area contributed by atoms with Crippen LogP contribution in [-0.4, -0.2) is 11.7 Å². The molecule has 0 heterocycles. The standard InChI is InChI=1S/C17H21NO2/c1-2-18-11-16-5-3-4-6-17(16)20-13-15-9-7-14(12-19)8-10-15/h3-10,18-19H,2,11-13H2,1H3. The molecule has 0 fully saturated rings. The highest BCUT2D eigenvalue weighted by atomic mass is 16.5. The van der Waals surface area contributed by atoms with Gasteiger partial charge in [-0.15, -0.1) is 0 Å². The topological polar surface area (TPSA) is 41.5 Å². The molecule has 0 aliphatic rings. The lowest BCUT2D eigenvalue weighted by molar-refractivity contribution is 0.281. The Morgan fingerprint density at radius 3 is 2.40 bits per heavy atom. The monoisotopic (exact) mass is 271 g/mol. The number of para-hydroxylation sites is 1. The summed E-state index contributed by atoms with van der Waals surface area (Å²) in [5, 5.41) is 12.3. The van der Waals surface area contributed by atoms with Crippen molar-refractivity contribution in [3.63, 3.8) is 0 Å². The van der Waals surface area contributed by atoms with Crippen molar-refractivity contribution in [1.82, 2.24) is 5.32 Å². The van der Waals surface area contributed by atoms with E-state index in [4.69, 9.17) is 9.84 Å². The second-order valence-electron chi connectivity index (χ2n) is 4.65. The van der Waals surface area contributed by atoms with Gasteiger partial charge in [-0.25, -0.2) is 0 Å². The molecule has 0 saturated heterocycles. The van der Waals surface area contributed by atoms with Gasteiger partial charge in [-0.2, -0.15) is 0 Å². The largest absolute Gasteiger partial charge is 0.489 e. The van der Waals surface area contributed by atoms with Crippen LogP contribution >= 0.6 is 0 Å². The van der Waals surface area contributed by atoms with E-state index in [0.29, 0.717) is 6.61 Å². The second kappa shape index (κ2) is 7.68. The number of rotatable bonds is 7. The number of benzene rings is 2. The van der Waals surface area contributed by atoms with Crippen LogP contribution in [0.4, 0.5) is 0 Å². The molecule has 0 bridgehead atoms. The number of ether oxygens (including phenoxy) is 1. The molecule has 0 unspecified atom stereocenters. The van der Waals surface area contributed by atoms with Crippen molar-refractivity contribution in [2.45, 2.75) is 26.7 Å². The van der Waals surface area contributed by atoms with E-state index in [1.165, 1.54) is 5.56 Å². The first-order valence-corrected chi connectivity index (χ1v) is 6.93. The molecule has 0 amide bonds. The minimum absolute atomic E-state index is 0.0760. The van der Waals surface area contributed by atoms with Gasteiger partial charge in [0.25, 0.3) is 0 Å². The van der Waals surface area contributed by atoms with E-state index in [2.05, 4.69) is 18.3 Å².